The van der Waals surface area contributed by atoms with Gasteiger partial charge in [0.2, 0.25) is 5.60 Å². The Balaban J connectivity index is 1.66. The lowest BCUT2D eigenvalue weighted by Gasteiger charge is -2.27. The van der Waals surface area contributed by atoms with Gasteiger partial charge in [0.15, 0.2) is 0 Å². The van der Waals surface area contributed by atoms with E-state index in [1.807, 2.05) is 30.3 Å². The summed E-state index contributed by atoms with van der Waals surface area (Å²) in [5.74, 6) is -0.157. The standard InChI is InChI=1S/C17H20O3/c18-15(19-14-9-6-10-14)17(13-7-2-1-3-8-13)16(20-17)11-4-5-12-16/h1-3,7-8,14H,4-6,9-12H2. The van der Waals surface area contributed by atoms with Crippen LogP contribution in [0, 0.1) is 0 Å². The summed E-state index contributed by atoms with van der Waals surface area (Å²) in [7, 11) is 0. The van der Waals surface area contributed by atoms with E-state index < -0.39 is 5.60 Å². The van der Waals surface area contributed by atoms with E-state index >= 15 is 0 Å². The Hall–Kier alpha value is -1.35. The molecule has 3 fully saturated rings. The second-order valence-corrected chi connectivity index (χ2v) is 6.31. The van der Waals surface area contributed by atoms with Crippen molar-refractivity contribution in [3.8, 4) is 0 Å². The Morgan fingerprint density at radius 3 is 2.40 bits per heavy atom. The lowest BCUT2D eigenvalue weighted by atomic mass is 9.84. The van der Waals surface area contributed by atoms with Gasteiger partial charge in [-0.1, -0.05) is 43.2 Å². The van der Waals surface area contributed by atoms with Crippen molar-refractivity contribution in [3.05, 3.63) is 35.9 Å². The van der Waals surface area contributed by atoms with Crippen molar-refractivity contribution in [2.45, 2.75) is 62.3 Å². The number of epoxide rings is 1. The van der Waals surface area contributed by atoms with Crippen LogP contribution in [0.15, 0.2) is 30.3 Å². The summed E-state index contributed by atoms with van der Waals surface area (Å²) in [5.41, 5.74) is -0.138. The highest BCUT2D eigenvalue weighted by Crippen LogP contribution is 2.64. The van der Waals surface area contributed by atoms with Crippen molar-refractivity contribution < 1.29 is 14.3 Å². The van der Waals surface area contributed by atoms with E-state index in [1.165, 1.54) is 6.42 Å². The number of rotatable bonds is 3. The average Bonchev–Trinajstić information content (AvgIpc) is 2.84. The highest BCUT2D eigenvalue weighted by molar-refractivity contribution is 5.87. The first-order valence-corrected chi connectivity index (χ1v) is 7.74. The molecule has 1 heterocycles. The summed E-state index contributed by atoms with van der Waals surface area (Å²) in [6.45, 7) is 0. The fraction of sp³-hybridized carbons (Fsp3) is 0.588. The SMILES string of the molecule is O=C(OC1CCC1)C1(c2ccccc2)OC12CCCC2. The van der Waals surface area contributed by atoms with E-state index in [1.54, 1.807) is 0 Å². The minimum atomic E-state index is -0.819. The van der Waals surface area contributed by atoms with Crippen LogP contribution in [-0.2, 0) is 19.9 Å². The molecule has 1 spiro atoms. The third-order valence-corrected chi connectivity index (χ3v) is 5.15. The van der Waals surface area contributed by atoms with E-state index in [4.69, 9.17) is 9.47 Å². The fourth-order valence-corrected chi connectivity index (χ4v) is 3.73. The van der Waals surface area contributed by atoms with Gasteiger partial charge in [-0.2, -0.15) is 0 Å². The van der Waals surface area contributed by atoms with Crippen molar-refractivity contribution in [3.63, 3.8) is 0 Å². The zero-order valence-corrected chi connectivity index (χ0v) is 11.6. The minimum Gasteiger partial charge on any atom is -0.460 e. The molecule has 3 aliphatic rings. The molecule has 0 bridgehead atoms. The number of ether oxygens (including phenoxy) is 2. The van der Waals surface area contributed by atoms with Gasteiger partial charge in [0, 0.05) is 0 Å². The Bertz CT molecular complexity index is 514. The first-order chi connectivity index (χ1) is 9.77. The normalized spacial score (nSPS) is 31.0. The Morgan fingerprint density at radius 1 is 1.10 bits per heavy atom. The number of benzene rings is 1. The van der Waals surface area contributed by atoms with E-state index in [-0.39, 0.29) is 17.7 Å². The maximum atomic E-state index is 12.7. The molecule has 106 valence electrons. The van der Waals surface area contributed by atoms with Gasteiger partial charge in [0.05, 0.1) is 0 Å². The molecule has 1 atom stereocenters. The van der Waals surface area contributed by atoms with Crippen LogP contribution in [0.4, 0.5) is 0 Å². The fourth-order valence-electron chi connectivity index (χ4n) is 3.73. The smallest absolute Gasteiger partial charge is 0.346 e. The largest absolute Gasteiger partial charge is 0.460 e. The van der Waals surface area contributed by atoms with E-state index in [9.17, 15) is 4.79 Å². The molecule has 0 N–H and O–H groups in total. The molecule has 1 aromatic rings. The summed E-state index contributed by atoms with van der Waals surface area (Å²) >= 11 is 0. The Morgan fingerprint density at radius 2 is 1.80 bits per heavy atom. The molecule has 3 nitrogen and oxygen atoms in total. The lowest BCUT2D eigenvalue weighted by Crippen LogP contribution is -2.36. The number of hydrogen-bond acceptors (Lipinski definition) is 3. The third-order valence-electron chi connectivity index (χ3n) is 5.15. The summed E-state index contributed by atoms with van der Waals surface area (Å²) in [5, 5.41) is 0. The molecule has 1 aromatic carbocycles. The predicted molar refractivity (Wildman–Crippen MR) is 74.1 cm³/mol. The first kappa shape index (κ1) is 12.4. The third kappa shape index (κ3) is 1.59. The van der Waals surface area contributed by atoms with Gasteiger partial charge in [0.1, 0.15) is 11.7 Å². The van der Waals surface area contributed by atoms with Crippen LogP contribution in [0.2, 0.25) is 0 Å². The van der Waals surface area contributed by atoms with Crippen molar-refractivity contribution >= 4 is 5.97 Å². The van der Waals surface area contributed by atoms with Gasteiger partial charge in [-0.05, 0) is 37.7 Å². The molecule has 4 rings (SSSR count). The number of carbonyl (C=O) groups excluding carboxylic acids is 1. The average molecular weight is 272 g/mol. The topological polar surface area (TPSA) is 38.8 Å². The van der Waals surface area contributed by atoms with Crippen LogP contribution in [0.1, 0.15) is 50.5 Å². The van der Waals surface area contributed by atoms with Crippen molar-refractivity contribution in [1.29, 1.82) is 0 Å². The van der Waals surface area contributed by atoms with Gasteiger partial charge >= 0.3 is 5.97 Å². The monoisotopic (exact) mass is 272 g/mol. The molecule has 3 heteroatoms. The molecule has 0 radical (unpaired) electrons. The summed E-state index contributed by atoms with van der Waals surface area (Å²) in [6.07, 6.45) is 7.53. The molecule has 20 heavy (non-hydrogen) atoms. The molecular formula is C17H20O3. The minimum absolute atomic E-state index is 0.116. The molecule has 1 unspecified atom stereocenters. The van der Waals surface area contributed by atoms with Gasteiger partial charge in [-0.15, -0.1) is 0 Å². The van der Waals surface area contributed by atoms with Crippen LogP contribution >= 0.6 is 0 Å². The maximum absolute atomic E-state index is 12.7. The lowest BCUT2D eigenvalue weighted by molar-refractivity contribution is -0.160. The predicted octanol–water partition coefficient (Wildman–Crippen LogP) is 3.32. The number of hydrogen-bond donors (Lipinski definition) is 0. The molecule has 1 aliphatic heterocycles. The highest BCUT2D eigenvalue weighted by Gasteiger charge is 2.76. The van der Waals surface area contributed by atoms with Gasteiger partial charge in [-0.3, -0.25) is 0 Å². The highest BCUT2D eigenvalue weighted by atomic mass is 16.7. The van der Waals surface area contributed by atoms with Crippen molar-refractivity contribution in [2.75, 3.05) is 0 Å². The molecule has 0 aromatic heterocycles. The van der Waals surface area contributed by atoms with Gasteiger partial charge in [0.25, 0.3) is 0 Å². The Labute approximate surface area is 119 Å². The number of carbonyl (C=O) groups is 1. The molecule has 1 saturated heterocycles. The second kappa shape index (κ2) is 4.32. The van der Waals surface area contributed by atoms with Crippen molar-refractivity contribution in [2.24, 2.45) is 0 Å². The van der Waals surface area contributed by atoms with E-state index in [2.05, 4.69) is 0 Å². The summed E-state index contributed by atoms with van der Waals surface area (Å²) in [6, 6.07) is 9.90. The van der Waals surface area contributed by atoms with Crippen LogP contribution in [0.25, 0.3) is 0 Å². The van der Waals surface area contributed by atoms with Crippen LogP contribution < -0.4 is 0 Å². The van der Waals surface area contributed by atoms with Crippen molar-refractivity contribution in [1.82, 2.24) is 0 Å². The zero-order valence-electron chi connectivity index (χ0n) is 11.6. The van der Waals surface area contributed by atoms with Crippen LogP contribution in [0.3, 0.4) is 0 Å². The van der Waals surface area contributed by atoms with E-state index in [0.29, 0.717) is 0 Å². The molecule has 2 aliphatic carbocycles. The molecule has 2 saturated carbocycles. The number of esters is 1. The Kier molecular flexibility index (Phi) is 2.68. The summed E-state index contributed by atoms with van der Waals surface area (Å²) in [4.78, 5) is 12.7. The zero-order chi connectivity index (χ0) is 13.6. The van der Waals surface area contributed by atoms with Gasteiger partial charge < -0.3 is 9.47 Å². The van der Waals surface area contributed by atoms with Crippen LogP contribution in [-0.4, -0.2) is 17.7 Å². The van der Waals surface area contributed by atoms with Gasteiger partial charge in [-0.25, -0.2) is 4.79 Å². The summed E-state index contributed by atoms with van der Waals surface area (Å²) < 4.78 is 11.8. The molecule has 0 amide bonds. The quantitative estimate of drug-likeness (QED) is 0.626. The first-order valence-electron chi connectivity index (χ1n) is 7.74. The maximum Gasteiger partial charge on any atom is 0.346 e. The second-order valence-electron chi connectivity index (χ2n) is 6.31. The van der Waals surface area contributed by atoms with Crippen LogP contribution in [0.5, 0.6) is 0 Å². The molecular weight excluding hydrogens is 252 g/mol. The van der Waals surface area contributed by atoms with E-state index in [0.717, 1.165) is 44.1 Å².